The van der Waals surface area contributed by atoms with E-state index < -0.39 is 0 Å². The van der Waals surface area contributed by atoms with Crippen molar-refractivity contribution in [2.24, 2.45) is 0 Å². The maximum absolute atomic E-state index is 12.4. The van der Waals surface area contributed by atoms with Gasteiger partial charge in [-0.3, -0.25) is 4.40 Å². The summed E-state index contributed by atoms with van der Waals surface area (Å²) >= 11 is 1.81. The minimum absolute atomic E-state index is 0.179. The van der Waals surface area contributed by atoms with Crippen LogP contribution in [0.3, 0.4) is 0 Å². The number of fused-ring (bicyclic) bond motifs is 2. The summed E-state index contributed by atoms with van der Waals surface area (Å²) in [7, 11) is 0. The Kier molecular flexibility index (Phi) is 3.31. The smallest absolute Gasteiger partial charge is 0.340 e. The zero-order chi connectivity index (χ0) is 14.9. The summed E-state index contributed by atoms with van der Waals surface area (Å²) < 4.78 is 7.43. The minimum atomic E-state index is -0.317. The van der Waals surface area contributed by atoms with E-state index in [1.54, 1.807) is 40.8 Å². The molecule has 110 valence electrons. The van der Waals surface area contributed by atoms with Crippen molar-refractivity contribution < 1.29 is 9.53 Å². The third kappa shape index (κ3) is 2.35. The van der Waals surface area contributed by atoms with Crippen LogP contribution in [0.1, 0.15) is 28.4 Å². The Morgan fingerprint density at radius 1 is 1.27 bits per heavy atom. The van der Waals surface area contributed by atoms with E-state index in [1.807, 2.05) is 18.2 Å². The highest BCUT2D eigenvalue weighted by Gasteiger charge is 2.24. The minimum Gasteiger partial charge on any atom is -0.454 e. The van der Waals surface area contributed by atoms with Crippen molar-refractivity contribution in [2.75, 3.05) is 5.75 Å². The molecule has 0 amide bonds. The maximum Gasteiger partial charge on any atom is 0.340 e. The first-order valence-corrected chi connectivity index (χ1v) is 8.02. The Hall–Kier alpha value is -2.34. The number of benzene rings is 1. The van der Waals surface area contributed by atoms with Crippen LogP contribution in [-0.2, 0) is 4.74 Å². The van der Waals surface area contributed by atoms with E-state index in [4.69, 9.17) is 4.74 Å². The Labute approximate surface area is 131 Å². The molecule has 0 saturated heterocycles. The molecule has 1 aliphatic heterocycles. The highest BCUT2D eigenvalue weighted by atomic mass is 32.2. The average molecular weight is 311 g/mol. The molecule has 1 atom stereocenters. The van der Waals surface area contributed by atoms with Crippen molar-refractivity contribution in [1.29, 1.82) is 0 Å². The Morgan fingerprint density at radius 2 is 2.18 bits per heavy atom. The van der Waals surface area contributed by atoms with Gasteiger partial charge in [-0.15, -0.1) is 22.0 Å². The molecule has 0 fully saturated rings. The van der Waals surface area contributed by atoms with Gasteiger partial charge < -0.3 is 4.74 Å². The number of hydrogen-bond acceptors (Lipinski definition) is 5. The van der Waals surface area contributed by atoms with Gasteiger partial charge in [0, 0.05) is 22.4 Å². The lowest BCUT2D eigenvalue weighted by molar-refractivity contribution is 0.0280. The second-order valence-corrected chi connectivity index (χ2v) is 6.22. The molecule has 22 heavy (non-hydrogen) atoms. The molecule has 1 aromatic carbocycles. The molecule has 0 unspecified atom stereocenters. The lowest BCUT2D eigenvalue weighted by atomic mass is 10.1. The Morgan fingerprint density at radius 3 is 3.14 bits per heavy atom. The third-order valence-electron chi connectivity index (χ3n) is 3.68. The molecule has 0 aliphatic carbocycles. The quantitative estimate of drug-likeness (QED) is 0.681. The molecule has 0 radical (unpaired) electrons. The van der Waals surface area contributed by atoms with E-state index in [-0.39, 0.29) is 12.1 Å². The summed E-state index contributed by atoms with van der Waals surface area (Å²) in [5.41, 5.74) is 2.30. The van der Waals surface area contributed by atoms with Crippen molar-refractivity contribution >= 4 is 23.4 Å². The van der Waals surface area contributed by atoms with Gasteiger partial charge in [0.05, 0.1) is 5.56 Å². The average Bonchev–Trinajstić information content (AvgIpc) is 3.02. The van der Waals surface area contributed by atoms with Gasteiger partial charge in [0.2, 0.25) is 0 Å². The topological polar surface area (TPSA) is 56.5 Å². The van der Waals surface area contributed by atoms with E-state index in [0.29, 0.717) is 11.2 Å². The van der Waals surface area contributed by atoms with Crippen LogP contribution in [-0.4, -0.2) is 26.3 Å². The summed E-state index contributed by atoms with van der Waals surface area (Å²) in [4.78, 5) is 13.6. The molecule has 5 nitrogen and oxygen atoms in total. The summed E-state index contributed by atoms with van der Waals surface area (Å²) in [6.45, 7) is 0. The number of pyridine rings is 1. The van der Waals surface area contributed by atoms with Gasteiger partial charge in [-0.05, 0) is 24.6 Å². The highest BCUT2D eigenvalue weighted by Crippen LogP contribution is 2.38. The zero-order valence-electron chi connectivity index (χ0n) is 11.7. The van der Waals surface area contributed by atoms with Crippen LogP contribution in [0, 0.1) is 0 Å². The first kappa shape index (κ1) is 13.3. The van der Waals surface area contributed by atoms with Crippen LogP contribution >= 0.6 is 11.8 Å². The monoisotopic (exact) mass is 311 g/mol. The first-order valence-electron chi connectivity index (χ1n) is 7.03. The van der Waals surface area contributed by atoms with Crippen molar-refractivity contribution in [1.82, 2.24) is 14.6 Å². The van der Waals surface area contributed by atoms with Gasteiger partial charge in [-0.1, -0.05) is 18.2 Å². The van der Waals surface area contributed by atoms with Gasteiger partial charge in [0.15, 0.2) is 5.65 Å². The van der Waals surface area contributed by atoms with Crippen molar-refractivity contribution in [2.45, 2.75) is 17.4 Å². The normalized spacial score (nSPS) is 17.2. The fraction of sp³-hybridized carbons (Fsp3) is 0.188. The number of thioether (sulfide) groups is 1. The van der Waals surface area contributed by atoms with E-state index >= 15 is 0 Å². The van der Waals surface area contributed by atoms with Crippen molar-refractivity contribution in [3.8, 4) is 0 Å². The molecular formula is C16H13N3O2S. The van der Waals surface area contributed by atoms with E-state index in [2.05, 4.69) is 16.3 Å². The molecule has 2 aromatic heterocycles. The summed E-state index contributed by atoms with van der Waals surface area (Å²) in [6, 6.07) is 11.6. The number of carbonyl (C=O) groups excluding carboxylic acids is 1. The lowest BCUT2D eigenvalue weighted by Crippen LogP contribution is -2.16. The third-order valence-corrected chi connectivity index (χ3v) is 4.80. The number of esters is 1. The lowest BCUT2D eigenvalue weighted by Gasteiger charge is -2.24. The van der Waals surface area contributed by atoms with Crippen LogP contribution in [0.25, 0.3) is 5.65 Å². The second kappa shape index (κ2) is 5.46. The number of rotatable bonds is 2. The fourth-order valence-corrected chi connectivity index (χ4v) is 3.67. The summed E-state index contributed by atoms with van der Waals surface area (Å²) in [5.74, 6) is 0.640. The molecule has 6 heteroatoms. The second-order valence-electron chi connectivity index (χ2n) is 5.08. The Bertz CT molecular complexity index is 846. The highest BCUT2D eigenvalue weighted by molar-refractivity contribution is 7.99. The summed E-state index contributed by atoms with van der Waals surface area (Å²) in [6.07, 6.45) is 3.92. The molecule has 1 aliphatic rings. The predicted molar refractivity (Wildman–Crippen MR) is 82.9 cm³/mol. The molecule has 0 N–H and O–H groups in total. The van der Waals surface area contributed by atoms with E-state index in [9.17, 15) is 4.79 Å². The Balaban J connectivity index is 1.59. The van der Waals surface area contributed by atoms with Gasteiger partial charge in [-0.2, -0.15) is 0 Å². The van der Waals surface area contributed by atoms with Crippen LogP contribution in [0.15, 0.2) is 53.8 Å². The zero-order valence-corrected chi connectivity index (χ0v) is 12.5. The molecule has 0 spiro atoms. The van der Waals surface area contributed by atoms with Crippen LogP contribution < -0.4 is 0 Å². The molecule has 4 rings (SSSR count). The van der Waals surface area contributed by atoms with Crippen LogP contribution in [0.2, 0.25) is 0 Å². The van der Waals surface area contributed by atoms with Gasteiger partial charge in [0.25, 0.3) is 0 Å². The fourth-order valence-electron chi connectivity index (χ4n) is 2.58. The summed E-state index contributed by atoms with van der Waals surface area (Å²) in [5, 5.41) is 7.73. The number of nitrogens with zero attached hydrogens (tertiary/aromatic N) is 3. The standard InChI is InChI=1S/C16H13N3O2S/c20-16(11-5-6-15-18-17-10-19(15)9-11)21-13-7-8-22-14-4-2-1-3-12(13)14/h1-6,9-10,13H,7-8H2/t13-/m0/s1. The van der Waals surface area contributed by atoms with Crippen molar-refractivity contribution in [3.63, 3.8) is 0 Å². The molecule has 0 saturated carbocycles. The SMILES string of the molecule is O=C(O[C@H]1CCSc2ccccc21)c1ccc2nncn2c1. The van der Waals surface area contributed by atoms with Gasteiger partial charge in [0.1, 0.15) is 12.4 Å². The van der Waals surface area contributed by atoms with Crippen LogP contribution in [0.4, 0.5) is 0 Å². The number of hydrogen-bond donors (Lipinski definition) is 0. The molecule has 0 bridgehead atoms. The van der Waals surface area contributed by atoms with Gasteiger partial charge >= 0.3 is 5.97 Å². The largest absolute Gasteiger partial charge is 0.454 e. The molecule has 3 heterocycles. The number of aromatic nitrogens is 3. The molecule has 3 aromatic rings. The van der Waals surface area contributed by atoms with E-state index in [0.717, 1.165) is 17.7 Å². The number of carbonyl (C=O) groups is 1. The number of ether oxygens (including phenoxy) is 1. The first-order chi connectivity index (χ1) is 10.8. The van der Waals surface area contributed by atoms with Crippen LogP contribution in [0.5, 0.6) is 0 Å². The van der Waals surface area contributed by atoms with Gasteiger partial charge in [-0.25, -0.2) is 4.79 Å². The van der Waals surface area contributed by atoms with E-state index in [1.165, 1.54) is 4.90 Å². The molecular weight excluding hydrogens is 298 g/mol. The maximum atomic E-state index is 12.4. The predicted octanol–water partition coefficient (Wildman–Crippen LogP) is 3.12. The van der Waals surface area contributed by atoms with Crippen molar-refractivity contribution in [3.05, 3.63) is 60.0 Å².